The minimum atomic E-state index is -0.108. The Kier molecular flexibility index (Phi) is 7.32. The number of aryl methyl sites for hydroxylation is 1. The minimum absolute atomic E-state index is 0.0293. The Labute approximate surface area is 187 Å². The fourth-order valence-electron chi connectivity index (χ4n) is 3.71. The molecule has 3 rings (SSSR count). The van der Waals surface area contributed by atoms with E-state index in [1.54, 1.807) is 35.1 Å². The molecule has 2 amide bonds. The van der Waals surface area contributed by atoms with Crippen LogP contribution in [0.25, 0.3) is 11.1 Å². The lowest BCUT2D eigenvalue weighted by atomic mass is 9.96. The molecule has 2 aromatic carbocycles. The normalized spacial score (nSPS) is 13.5. The van der Waals surface area contributed by atoms with E-state index in [9.17, 15) is 14.9 Å². The Balaban J connectivity index is 1.74. The molecule has 0 saturated carbocycles. The Hall–Kier alpha value is -3.30. The number of nitrogens with zero attached hydrogens (tertiary/aromatic N) is 3. The first-order valence-electron chi connectivity index (χ1n) is 10.0. The van der Waals surface area contributed by atoms with E-state index in [4.69, 9.17) is 16.3 Å². The molecule has 1 saturated heterocycles. The highest BCUT2D eigenvalue weighted by Gasteiger charge is 2.23. The molecule has 0 atom stereocenters. The Morgan fingerprint density at radius 2 is 1.84 bits per heavy atom. The molecular formula is C24H24ClN3O3. The molecule has 7 heteroatoms. The highest BCUT2D eigenvalue weighted by Crippen LogP contribution is 2.36. The molecule has 0 radical (unpaired) electrons. The van der Waals surface area contributed by atoms with Gasteiger partial charge in [0.2, 0.25) is 11.8 Å². The topological polar surface area (TPSA) is 73.6 Å². The lowest BCUT2D eigenvalue weighted by molar-refractivity contribution is -0.137. The summed E-state index contributed by atoms with van der Waals surface area (Å²) in [6.45, 7) is 5.55. The molecule has 6 nitrogen and oxygen atoms in total. The zero-order valence-corrected chi connectivity index (χ0v) is 18.2. The third-order valence-electron chi connectivity index (χ3n) is 5.43. The smallest absolute Gasteiger partial charge is 0.246 e. The number of halogens is 1. The zero-order chi connectivity index (χ0) is 22.4. The van der Waals surface area contributed by atoms with Gasteiger partial charge in [0, 0.05) is 43.7 Å². The molecule has 0 aromatic heterocycles. The van der Waals surface area contributed by atoms with Crippen LogP contribution in [0.4, 0.5) is 0 Å². The summed E-state index contributed by atoms with van der Waals surface area (Å²) in [5.41, 5.74) is 2.86. The summed E-state index contributed by atoms with van der Waals surface area (Å²) in [6.07, 6.45) is 2.09. The average molecular weight is 438 g/mol. The van der Waals surface area contributed by atoms with E-state index < -0.39 is 0 Å². The number of amides is 2. The van der Waals surface area contributed by atoms with Crippen LogP contribution < -0.4 is 4.74 Å². The van der Waals surface area contributed by atoms with Crippen molar-refractivity contribution in [2.45, 2.75) is 12.8 Å². The molecule has 160 valence electrons. The summed E-state index contributed by atoms with van der Waals surface area (Å²) in [6, 6.07) is 13.1. The first-order valence-corrected chi connectivity index (χ1v) is 10.4. The molecule has 0 spiro atoms. The van der Waals surface area contributed by atoms with Gasteiger partial charge in [-0.1, -0.05) is 36.4 Å². The predicted octanol–water partition coefficient (Wildman–Crippen LogP) is 3.68. The number of carbonyl (C=O) groups is 2. The summed E-state index contributed by atoms with van der Waals surface area (Å²) in [7, 11) is 1.57. The fraction of sp³-hybridized carbons (Fsp3) is 0.292. The van der Waals surface area contributed by atoms with E-state index in [0.29, 0.717) is 55.4 Å². The first-order chi connectivity index (χ1) is 15.0. The summed E-state index contributed by atoms with van der Waals surface area (Å²) in [5.74, 6) is 0.530. The van der Waals surface area contributed by atoms with Crippen molar-refractivity contribution >= 4 is 23.4 Å². The summed E-state index contributed by atoms with van der Waals surface area (Å²) in [4.78, 5) is 27.9. The standard InChI is InChI=1S/C24H24ClN3O3/c1-3-23(29)27-10-12-28(13-11-27)24(30)9-8-17-14-20(21(25)15-22(17)31-2)19-7-5-4-6-18(19)16-26/h3-7,14-15H,1,8-13H2,2H3. The molecule has 1 heterocycles. The lowest BCUT2D eigenvalue weighted by Crippen LogP contribution is -2.50. The number of benzene rings is 2. The van der Waals surface area contributed by atoms with E-state index in [1.165, 1.54) is 6.08 Å². The van der Waals surface area contributed by atoms with E-state index in [1.807, 2.05) is 18.2 Å². The lowest BCUT2D eigenvalue weighted by Gasteiger charge is -2.34. The van der Waals surface area contributed by atoms with Gasteiger partial charge < -0.3 is 14.5 Å². The zero-order valence-electron chi connectivity index (χ0n) is 17.4. The Morgan fingerprint density at radius 3 is 2.48 bits per heavy atom. The van der Waals surface area contributed by atoms with Crippen LogP contribution >= 0.6 is 11.6 Å². The number of ether oxygens (including phenoxy) is 1. The van der Waals surface area contributed by atoms with Gasteiger partial charge in [0.15, 0.2) is 0 Å². The van der Waals surface area contributed by atoms with Crippen LogP contribution in [0.5, 0.6) is 5.75 Å². The van der Waals surface area contributed by atoms with Crippen molar-refractivity contribution in [3.63, 3.8) is 0 Å². The SMILES string of the molecule is C=CC(=O)N1CCN(C(=O)CCc2cc(-c3ccccc3C#N)c(Cl)cc2OC)CC1. The number of carbonyl (C=O) groups excluding carboxylic acids is 2. The Bertz CT molecular complexity index is 1040. The number of rotatable bonds is 6. The van der Waals surface area contributed by atoms with Crippen LogP contribution in [-0.2, 0) is 16.0 Å². The van der Waals surface area contributed by atoms with Gasteiger partial charge in [-0.15, -0.1) is 0 Å². The van der Waals surface area contributed by atoms with Crippen molar-refractivity contribution < 1.29 is 14.3 Å². The second kappa shape index (κ2) is 10.1. The van der Waals surface area contributed by atoms with Gasteiger partial charge in [0.25, 0.3) is 0 Å². The summed E-state index contributed by atoms with van der Waals surface area (Å²) < 4.78 is 5.48. The van der Waals surface area contributed by atoms with Crippen molar-refractivity contribution in [3.8, 4) is 22.9 Å². The third kappa shape index (κ3) is 5.07. The molecule has 1 aliphatic rings. The third-order valence-corrected chi connectivity index (χ3v) is 5.75. The van der Waals surface area contributed by atoms with Crippen LogP contribution in [-0.4, -0.2) is 54.9 Å². The molecule has 0 N–H and O–H groups in total. The molecule has 1 fully saturated rings. The number of hydrogen-bond acceptors (Lipinski definition) is 4. The van der Waals surface area contributed by atoms with Gasteiger partial charge in [-0.05, 0) is 36.3 Å². The molecule has 2 aromatic rings. The minimum Gasteiger partial charge on any atom is -0.496 e. The van der Waals surface area contributed by atoms with Crippen molar-refractivity contribution in [2.24, 2.45) is 0 Å². The van der Waals surface area contributed by atoms with E-state index in [0.717, 1.165) is 16.7 Å². The van der Waals surface area contributed by atoms with Gasteiger partial charge in [-0.2, -0.15) is 5.26 Å². The molecular weight excluding hydrogens is 414 g/mol. The number of nitriles is 1. The van der Waals surface area contributed by atoms with Crippen LogP contribution in [0.2, 0.25) is 5.02 Å². The molecule has 0 aliphatic carbocycles. The van der Waals surface area contributed by atoms with Gasteiger partial charge in [-0.25, -0.2) is 0 Å². The van der Waals surface area contributed by atoms with Crippen LogP contribution in [0.3, 0.4) is 0 Å². The molecule has 0 unspecified atom stereocenters. The maximum atomic E-state index is 12.7. The van der Waals surface area contributed by atoms with E-state index in [-0.39, 0.29) is 11.8 Å². The summed E-state index contributed by atoms with van der Waals surface area (Å²) in [5, 5.41) is 9.92. The second-order valence-electron chi connectivity index (χ2n) is 7.21. The Morgan fingerprint density at radius 1 is 1.16 bits per heavy atom. The molecule has 0 bridgehead atoms. The fourth-order valence-corrected chi connectivity index (χ4v) is 3.97. The predicted molar refractivity (Wildman–Crippen MR) is 120 cm³/mol. The highest BCUT2D eigenvalue weighted by atomic mass is 35.5. The second-order valence-corrected chi connectivity index (χ2v) is 7.62. The van der Waals surface area contributed by atoms with Gasteiger partial charge in [0.05, 0.1) is 23.8 Å². The van der Waals surface area contributed by atoms with Crippen molar-refractivity contribution in [3.05, 3.63) is 65.2 Å². The van der Waals surface area contributed by atoms with E-state index >= 15 is 0 Å². The first kappa shape index (κ1) is 22.4. The van der Waals surface area contributed by atoms with Gasteiger partial charge in [0.1, 0.15) is 5.75 Å². The monoisotopic (exact) mass is 437 g/mol. The largest absolute Gasteiger partial charge is 0.496 e. The summed E-state index contributed by atoms with van der Waals surface area (Å²) >= 11 is 6.48. The quantitative estimate of drug-likeness (QED) is 0.646. The number of hydrogen-bond donors (Lipinski definition) is 0. The highest BCUT2D eigenvalue weighted by molar-refractivity contribution is 6.33. The number of piperazine rings is 1. The van der Waals surface area contributed by atoms with Crippen molar-refractivity contribution in [2.75, 3.05) is 33.3 Å². The molecule has 31 heavy (non-hydrogen) atoms. The van der Waals surface area contributed by atoms with Crippen LogP contribution in [0.1, 0.15) is 17.5 Å². The average Bonchev–Trinajstić information content (AvgIpc) is 2.82. The van der Waals surface area contributed by atoms with Crippen molar-refractivity contribution in [1.82, 2.24) is 9.80 Å². The van der Waals surface area contributed by atoms with Crippen LogP contribution in [0, 0.1) is 11.3 Å². The molecule has 1 aliphatic heterocycles. The maximum Gasteiger partial charge on any atom is 0.246 e. The maximum absolute atomic E-state index is 12.7. The van der Waals surface area contributed by atoms with Gasteiger partial charge >= 0.3 is 0 Å². The van der Waals surface area contributed by atoms with Gasteiger partial charge in [-0.3, -0.25) is 9.59 Å². The van der Waals surface area contributed by atoms with Crippen molar-refractivity contribution in [1.29, 1.82) is 5.26 Å². The van der Waals surface area contributed by atoms with E-state index in [2.05, 4.69) is 12.6 Å². The number of methoxy groups -OCH3 is 1. The van der Waals surface area contributed by atoms with Crippen LogP contribution in [0.15, 0.2) is 49.1 Å².